The standard InChI is InChI=1S/C75H143N2O6P/c1-6-8-10-12-14-16-18-20-22-24-26-28-29-30-31-32-33-34-35-36-37-38-39-40-41-42-43-44-45-46-47-49-51-53-55-57-59-61-63-65-67-69-75(79)76-73(72-83-84(80,81)82-71-70-77(3,4)5)74(78)68-66-64-62-60-58-56-54-52-50-48-27-25-23-21-19-17-15-13-11-9-7-2/h18,20,24,26,50,52,58,60,66,68,73-74,78H,6-17,19,21-23,25,27-49,51,53-57,59,61-65,67,69-72H2,1-5H3,(H-,76,79,80,81)/b20-18-,26-24-,52-50+,60-58+,68-66+. The Morgan fingerprint density at radius 1 is 0.417 bits per heavy atom. The minimum atomic E-state index is -4.61. The minimum Gasteiger partial charge on any atom is -0.756 e. The van der Waals surface area contributed by atoms with Crippen LogP contribution in [0.5, 0.6) is 0 Å². The Kier molecular flexibility index (Phi) is 64.2. The highest BCUT2D eigenvalue weighted by Crippen LogP contribution is 2.38. The van der Waals surface area contributed by atoms with E-state index in [4.69, 9.17) is 9.05 Å². The zero-order valence-electron chi connectivity index (χ0n) is 56.6. The number of quaternary nitrogens is 1. The van der Waals surface area contributed by atoms with E-state index in [0.29, 0.717) is 17.4 Å². The molecule has 0 bridgehead atoms. The summed E-state index contributed by atoms with van der Waals surface area (Å²) >= 11 is 0. The smallest absolute Gasteiger partial charge is 0.268 e. The highest BCUT2D eigenvalue weighted by Gasteiger charge is 2.23. The van der Waals surface area contributed by atoms with Crippen molar-refractivity contribution >= 4 is 13.7 Å². The molecule has 9 heteroatoms. The molecule has 3 unspecified atom stereocenters. The van der Waals surface area contributed by atoms with E-state index >= 15 is 0 Å². The first kappa shape index (κ1) is 82.2. The van der Waals surface area contributed by atoms with Gasteiger partial charge in [-0.1, -0.05) is 338 Å². The van der Waals surface area contributed by atoms with E-state index in [1.165, 1.54) is 289 Å². The lowest BCUT2D eigenvalue weighted by atomic mass is 10.0. The fraction of sp³-hybridized carbons (Fsp3) is 0.853. The van der Waals surface area contributed by atoms with Crippen molar-refractivity contribution in [1.29, 1.82) is 0 Å². The van der Waals surface area contributed by atoms with Gasteiger partial charge in [0, 0.05) is 6.42 Å². The van der Waals surface area contributed by atoms with Gasteiger partial charge in [-0.3, -0.25) is 9.36 Å². The minimum absolute atomic E-state index is 0.00827. The zero-order valence-corrected chi connectivity index (χ0v) is 57.5. The SMILES string of the molecule is CCCCCCC/C=C\C/C=C\CCCCCCCCCCCCCCCCCCCCCCCCCCCCCCCC(=O)NC(COP(=O)([O-])OCC[N+](C)(C)C)C(O)/C=C/CC/C=C/CC/C=C/CCCCCCCCCCCCC. The number of aliphatic hydroxyl groups is 1. The maximum Gasteiger partial charge on any atom is 0.268 e. The molecule has 1 amide bonds. The normalized spacial score (nSPS) is 13.9. The number of aliphatic hydroxyl groups excluding tert-OH is 1. The fourth-order valence-electron chi connectivity index (χ4n) is 11.0. The predicted molar refractivity (Wildman–Crippen MR) is 367 cm³/mol. The number of phosphoric acid groups is 1. The van der Waals surface area contributed by atoms with E-state index < -0.39 is 26.6 Å². The Morgan fingerprint density at radius 3 is 1.04 bits per heavy atom. The average molecular weight is 1200 g/mol. The number of allylic oxidation sites excluding steroid dienone is 9. The number of rotatable bonds is 68. The van der Waals surface area contributed by atoms with E-state index in [2.05, 4.69) is 67.8 Å². The van der Waals surface area contributed by atoms with Crippen molar-refractivity contribution in [2.75, 3.05) is 40.9 Å². The summed E-state index contributed by atoms with van der Waals surface area (Å²) in [5.41, 5.74) is 0. The zero-order chi connectivity index (χ0) is 61.2. The lowest BCUT2D eigenvalue weighted by Crippen LogP contribution is -2.45. The van der Waals surface area contributed by atoms with Crippen LogP contribution in [0.2, 0.25) is 0 Å². The van der Waals surface area contributed by atoms with Crippen LogP contribution in [-0.4, -0.2) is 68.5 Å². The molecule has 0 fully saturated rings. The van der Waals surface area contributed by atoms with E-state index in [9.17, 15) is 19.4 Å². The highest BCUT2D eigenvalue weighted by molar-refractivity contribution is 7.45. The number of nitrogens with zero attached hydrogens (tertiary/aromatic N) is 1. The fourth-order valence-corrected chi connectivity index (χ4v) is 11.7. The van der Waals surface area contributed by atoms with Gasteiger partial charge in [0.1, 0.15) is 13.2 Å². The summed E-state index contributed by atoms with van der Waals surface area (Å²) in [6.07, 6.45) is 90.9. The molecule has 0 aliphatic rings. The summed E-state index contributed by atoms with van der Waals surface area (Å²) in [4.78, 5) is 25.6. The van der Waals surface area contributed by atoms with Gasteiger partial charge in [0.25, 0.3) is 7.82 Å². The molecule has 0 aromatic carbocycles. The number of hydrogen-bond donors (Lipinski definition) is 2. The molecule has 0 spiro atoms. The molecule has 8 nitrogen and oxygen atoms in total. The van der Waals surface area contributed by atoms with Gasteiger partial charge in [0.05, 0.1) is 39.9 Å². The first-order chi connectivity index (χ1) is 41.0. The third kappa shape index (κ3) is 67.7. The van der Waals surface area contributed by atoms with Gasteiger partial charge in [-0.25, -0.2) is 0 Å². The van der Waals surface area contributed by atoms with Gasteiger partial charge in [-0.05, 0) is 77.0 Å². The van der Waals surface area contributed by atoms with Crippen LogP contribution in [0.15, 0.2) is 60.8 Å². The molecular weight excluding hydrogens is 1060 g/mol. The Balaban J connectivity index is 3.94. The lowest BCUT2D eigenvalue weighted by molar-refractivity contribution is -0.870. The highest BCUT2D eigenvalue weighted by atomic mass is 31.2. The summed E-state index contributed by atoms with van der Waals surface area (Å²) in [5.74, 6) is -0.205. The third-order valence-corrected chi connectivity index (χ3v) is 17.6. The first-order valence-electron chi connectivity index (χ1n) is 36.7. The topological polar surface area (TPSA) is 108 Å². The van der Waals surface area contributed by atoms with Crippen molar-refractivity contribution in [1.82, 2.24) is 5.32 Å². The number of amides is 1. The molecular formula is C75H143N2O6P. The molecule has 0 aromatic heterocycles. The number of likely N-dealkylation sites (N-methyl/N-ethyl adjacent to an activating group) is 1. The van der Waals surface area contributed by atoms with Crippen LogP contribution in [0.4, 0.5) is 0 Å². The summed E-state index contributed by atoms with van der Waals surface area (Å²) in [7, 11) is 1.25. The Bertz CT molecular complexity index is 1550. The van der Waals surface area contributed by atoms with Gasteiger partial charge in [0.2, 0.25) is 5.91 Å². The van der Waals surface area contributed by atoms with Crippen LogP contribution >= 0.6 is 7.82 Å². The summed E-state index contributed by atoms with van der Waals surface area (Å²) in [6, 6.07) is -0.911. The number of phosphoric ester groups is 1. The van der Waals surface area contributed by atoms with Crippen LogP contribution in [0.25, 0.3) is 0 Å². The molecule has 0 saturated heterocycles. The molecule has 0 aliphatic carbocycles. The van der Waals surface area contributed by atoms with Crippen molar-refractivity contribution < 1.29 is 32.9 Å². The summed E-state index contributed by atoms with van der Waals surface area (Å²) in [5, 5.41) is 13.9. The quantitative estimate of drug-likeness (QED) is 0.0272. The number of unbranched alkanes of at least 4 members (excludes halogenated alkanes) is 47. The van der Waals surface area contributed by atoms with Gasteiger partial charge < -0.3 is 28.8 Å². The molecule has 0 saturated carbocycles. The Labute approximate surface area is 523 Å². The van der Waals surface area contributed by atoms with Crippen molar-refractivity contribution in [3.05, 3.63) is 60.8 Å². The first-order valence-corrected chi connectivity index (χ1v) is 38.1. The molecule has 0 heterocycles. The van der Waals surface area contributed by atoms with Gasteiger partial charge >= 0.3 is 0 Å². The van der Waals surface area contributed by atoms with Crippen LogP contribution in [0.1, 0.15) is 361 Å². The third-order valence-electron chi connectivity index (χ3n) is 16.7. The molecule has 0 radical (unpaired) electrons. The van der Waals surface area contributed by atoms with E-state index in [-0.39, 0.29) is 12.5 Å². The molecule has 0 aliphatic heterocycles. The van der Waals surface area contributed by atoms with Gasteiger partial charge in [0.15, 0.2) is 0 Å². The van der Waals surface area contributed by atoms with Crippen LogP contribution in [-0.2, 0) is 18.4 Å². The second-order valence-corrected chi connectivity index (χ2v) is 27.7. The van der Waals surface area contributed by atoms with Crippen LogP contribution < -0.4 is 10.2 Å². The van der Waals surface area contributed by atoms with Crippen LogP contribution in [0, 0.1) is 0 Å². The van der Waals surface area contributed by atoms with E-state index in [1.807, 2.05) is 27.2 Å². The lowest BCUT2D eigenvalue weighted by Gasteiger charge is -2.29. The van der Waals surface area contributed by atoms with Crippen LogP contribution in [0.3, 0.4) is 0 Å². The van der Waals surface area contributed by atoms with Crippen molar-refractivity contribution in [3.63, 3.8) is 0 Å². The average Bonchev–Trinajstić information content (AvgIpc) is 3.56. The molecule has 0 rings (SSSR count). The Hall–Kier alpha value is -1.80. The van der Waals surface area contributed by atoms with Gasteiger partial charge in [-0.15, -0.1) is 0 Å². The summed E-state index contributed by atoms with van der Waals surface area (Å²) in [6.45, 7) is 4.65. The molecule has 494 valence electrons. The number of hydrogen-bond acceptors (Lipinski definition) is 6. The largest absolute Gasteiger partial charge is 0.756 e. The molecule has 0 aromatic rings. The maximum atomic E-state index is 13.0. The summed E-state index contributed by atoms with van der Waals surface area (Å²) < 4.78 is 23.4. The second kappa shape index (κ2) is 65.6. The Morgan fingerprint density at radius 2 is 0.702 bits per heavy atom. The molecule has 2 N–H and O–H groups in total. The van der Waals surface area contributed by atoms with Crippen molar-refractivity contribution in [2.45, 2.75) is 373 Å². The van der Waals surface area contributed by atoms with E-state index in [1.54, 1.807) is 6.08 Å². The monoisotopic (exact) mass is 1200 g/mol. The maximum absolute atomic E-state index is 13.0. The van der Waals surface area contributed by atoms with Crippen molar-refractivity contribution in [2.24, 2.45) is 0 Å². The predicted octanol–water partition coefficient (Wildman–Crippen LogP) is 22.9. The number of carbonyl (C=O) groups is 1. The number of carbonyl (C=O) groups excluding carboxylic acids is 1. The van der Waals surface area contributed by atoms with Crippen molar-refractivity contribution in [3.8, 4) is 0 Å². The molecule has 3 atom stereocenters. The number of nitrogens with one attached hydrogen (secondary N) is 1. The van der Waals surface area contributed by atoms with Gasteiger partial charge in [-0.2, -0.15) is 0 Å². The van der Waals surface area contributed by atoms with E-state index in [0.717, 1.165) is 51.4 Å². The molecule has 84 heavy (non-hydrogen) atoms. The second-order valence-electron chi connectivity index (χ2n) is 26.3.